The summed E-state index contributed by atoms with van der Waals surface area (Å²) in [6.45, 7) is 4.57. The summed E-state index contributed by atoms with van der Waals surface area (Å²) in [6, 6.07) is 9.92. The predicted octanol–water partition coefficient (Wildman–Crippen LogP) is 2.55. The lowest BCUT2D eigenvalue weighted by Crippen LogP contribution is -2.34. The molecule has 0 fully saturated rings. The van der Waals surface area contributed by atoms with Crippen molar-refractivity contribution in [1.29, 1.82) is 0 Å². The van der Waals surface area contributed by atoms with E-state index in [1.165, 1.54) is 19.8 Å². The van der Waals surface area contributed by atoms with Crippen molar-refractivity contribution in [1.82, 2.24) is 15.5 Å². The zero-order valence-corrected chi connectivity index (χ0v) is 13.9. The molecule has 0 aliphatic rings. The number of rotatable bonds is 7. The van der Waals surface area contributed by atoms with E-state index in [1.807, 2.05) is 12.1 Å². The highest BCUT2D eigenvalue weighted by atomic mass is 16.7. The third kappa shape index (κ3) is 4.40. The van der Waals surface area contributed by atoms with Crippen LogP contribution in [0.3, 0.4) is 0 Å². The van der Waals surface area contributed by atoms with Crippen molar-refractivity contribution in [2.45, 2.75) is 26.1 Å². The number of nitrogens with one attached hydrogen (secondary N) is 2. The van der Waals surface area contributed by atoms with Gasteiger partial charge in [-0.3, -0.25) is 9.89 Å². The van der Waals surface area contributed by atoms with Crippen LogP contribution in [0.2, 0.25) is 0 Å². The first-order valence-corrected chi connectivity index (χ1v) is 7.54. The van der Waals surface area contributed by atoms with Crippen molar-refractivity contribution in [3.05, 3.63) is 41.6 Å². The number of methoxy groups -OCH3 is 2. The van der Waals surface area contributed by atoms with E-state index in [2.05, 4.69) is 41.5 Å². The van der Waals surface area contributed by atoms with Gasteiger partial charge in [0.05, 0.1) is 12.2 Å². The number of carbonyl (C=O) groups is 1. The maximum absolute atomic E-state index is 12.1. The van der Waals surface area contributed by atoms with Gasteiger partial charge in [-0.25, -0.2) is 0 Å². The molecule has 0 saturated carbocycles. The zero-order chi connectivity index (χ0) is 16.8. The standard InChI is InChI=1S/C17H23N3O3/c1-11(2)12-5-7-13(8-6-12)14-9-15(20-19-14)17(21)18-10-16(22-3)23-4/h5-9,11,16H,10H2,1-4H3,(H,18,21)(H,19,20). The smallest absolute Gasteiger partial charge is 0.269 e. The number of hydrogen-bond donors (Lipinski definition) is 2. The van der Waals surface area contributed by atoms with Crippen LogP contribution in [0.4, 0.5) is 0 Å². The molecule has 2 aromatic rings. The van der Waals surface area contributed by atoms with Gasteiger partial charge in [0.15, 0.2) is 6.29 Å². The van der Waals surface area contributed by atoms with Crippen molar-refractivity contribution < 1.29 is 14.3 Å². The minimum Gasteiger partial charge on any atom is -0.354 e. The summed E-state index contributed by atoms with van der Waals surface area (Å²) in [5, 5.41) is 9.69. The Morgan fingerprint density at radius 2 is 1.87 bits per heavy atom. The largest absolute Gasteiger partial charge is 0.354 e. The molecule has 124 valence electrons. The first-order chi connectivity index (χ1) is 11.0. The molecule has 2 rings (SSSR count). The number of aromatic amines is 1. The van der Waals surface area contributed by atoms with E-state index < -0.39 is 6.29 Å². The summed E-state index contributed by atoms with van der Waals surface area (Å²) in [5.41, 5.74) is 3.38. The summed E-state index contributed by atoms with van der Waals surface area (Å²) in [6.07, 6.45) is -0.468. The van der Waals surface area contributed by atoms with Crippen LogP contribution in [-0.4, -0.2) is 43.2 Å². The quantitative estimate of drug-likeness (QED) is 0.770. The molecular weight excluding hydrogens is 294 g/mol. The van der Waals surface area contributed by atoms with Crippen molar-refractivity contribution in [3.8, 4) is 11.3 Å². The molecule has 0 saturated heterocycles. The van der Waals surface area contributed by atoms with E-state index >= 15 is 0 Å². The number of carbonyl (C=O) groups excluding carboxylic acids is 1. The Balaban J connectivity index is 2.03. The Labute approximate surface area is 136 Å². The summed E-state index contributed by atoms with van der Waals surface area (Å²) < 4.78 is 10.1. The van der Waals surface area contributed by atoms with Crippen LogP contribution in [0.15, 0.2) is 30.3 Å². The molecule has 1 aromatic heterocycles. The van der Waals surface area contributed by atoms with Gasteiger partial charge in [-0.15, -0.1) is 0 Å². The summed E-state index contributed by atoms with van der Waals surface area (Å²) in [7, 11) is 3.05. The molecule has 1 amide bonds. The molecule has 0 aliphatic carbocycles. The molecule has 0 bridgehead atoms. The molecule has 0 spiro atoms. The monoisotopic (exact) mass is 317 g/mol. The minimum absolute atomic E-state index is 0.248. The first-order valence-electron chi connectivity index (χ1n) is 7.54. The zero-order valence-electron chi connectivity index (χ0n) is 13.9. The highest BCUT2D eigenvalue weighted by Crippen LogP contribution is 2.21. The number of amides is 1. The highest BCUT2D eigenvalue weighted by Gasteiger charge is 2.13. The van der Waals surface area contributed by atoms with E-state index in [9.17, 15) is 4.79 Å². The molecule has 0 unspecified atom stereocenters. The maximum atomic E-state index is 12.1. The number of nitrogens with zero attached hydrogens (tertiary/aromatic N) is 1. The molecular formula is C17H23N3O3. The topological polar surface area (TPSA) is 76.2 Å². The molecule has 6 nitrogen and oxygen atoms in total. The van der Waals surface area contributed by atoms with Crippen molar-refractivity contribution in [3.63, 3.8) is 0 Å². The Bertz CT molecular complexity index is 631. The summed E-state index contributed by atoms with van der Waals surface area (Å²) >= 11 is 0. The van der Waals surface area contributed by atoms with E-state index in [4.69, 9.17) is 9.47 Å². The first kappa shape index (κ1) is 17.2. The molecule has 1 aromatic carbocycles. The van der Waals surface area contributed by atoms with Gasteiger partial charge >= 0.3 is 0 Å². The van der Waals surface area contributed by atoms with Gasteiger partial charge in [-0.2, -0.15) is 5.10 Å². The van der Waals surface area contributed by atoms with Crippen LogP contribution >= 0.6 is 0 Å². The second kappa shape index (κ2) is 7.89. The predicted molar refractivity (Wildman–Crippen MR) is 88.3 cm³/mol. The van der Waals surface area contributed by atoms with Crippen molar-refractivity contribution in [2.24, 2.45) is 0 Å². The lowest BCUT2D eigenvalue weighted by molar-refractivity contribution is -0.0974. The second-order valence-electron chi connectivity index (χ2n) is 5.55. The number of hydrogen-bond acceptors (Lipinski definition) is 4. The molecule has 6 heteroatoms. The molecule has 0 aliphatic heterocycles. The lowest BCUT2D eigenvalue weighted by atomic mass is 10.0. The Hall–Kier alpha value is -2.18. The second-order valence-corrected chi connectivity index (χ2v) is 5.55. The van der Waals surface area contributed by atoms with Crippen LogP contribution < -0.4 is 5.32 Å². The fraction of sp³-hybridized carbons (Fsp3) is 0.412. The van der Waals surface area contributed by atoms with Crippen LogP contribution in [0.25, 0.3) is 11.3 Å². The lowest BCUT2D eigenvalue weighted by Gasteiger charge is -2.13. The SMILES string of the molecule is COC(CNC(=O)c1cc(-c2ccc(C(C)C)cc2)n[nH]1)OC. The van der Waals surface area contributed by atoms with E-state index in [0.29, 0.717) is 11.6 Å². The van der Waals surface area contributed by atoms with Crippen molar-refractivity contribution >= 4 is 5.91 Å². The summed E-state index contributed by atoms with van der Waals surface area (Å²) in [4.78, 5) is 12.1. The van der Waals surface area contributed by atoms with Gasteiger partial charge in [0.25, 0.3) is 5.91 Å². The van der Waals surface area contributed by atoms with Crippen LogP contribution in [0, 0.1) is 0 Å². The fourth-order valence-corrected chi connectivity index (χ4v) is 2.16. The number of H-pyrrole nitrogens is 1. The number of ether oxygens (including phenoxy) is 2. The van der Waals surface area contributed by atoms with Gasteiger partial charge in [0.2, 0.25) is 0 Å². The third-order valence-corrected chi connectivity index (χ3v) is 3.65. The molecule has 2 N–H and O–H groups in total. The van der Waals surface area contributed by atoms with Gasteiger partial charge in [-0.1, -0.05) is 38.1 Å². The maximum Gasteiger partial charge on any atom is 0.269 e. The van der Waals surface area contributed by atoms with Crippen LogP contribution in [0.5, 0.6) is 0 Å². The molecule has 1 heterocycles. The molecule has 0 radical (unpaired) electrons. The normalized spacial score (nSPS) is 11.2. The molecule has 0 atom stereocenters. The van der Waals surface area contributed by atoms with Crippen LogP contribution in [0.1, 0.15) is 35.8 Å². The molecule has 23 heavy (non-hydrogen) atoms. The van der Waals surface area contributed by atoms with E-state index in [0.717, 1.165) is 11.3 Å². The Morgan fingerprint density at radius 3 is 2.43 bits per heavy atom. The van der Waals surface area contributed by atoms with Gasteiger partial charge in [0, 0.05) is 19.8 Å². The highest BCUT2D eigenvalue weighted by molar-refractivity contribution is 5.93. The van der Waals surface area contributed by atoms with Gasteiger partial charge in [-0.05, 0) is 17.5 Å². The summed E-state index contributed by atoms with van der Waals surface area (Å²) in [5.74, 6) is 0.237. The van der Waals surface area contributed by atoms with Gasteiger partial charge in [0.1, 0.15) is 5.69 Å². The average Bonchev–Trinajstić information content (AvgIpc) is 3.05. The van der Waals surface area contributed by atoms with Gasteiger partial charge < -0.3 is 14.8 Å². The fourth-order valence-electron chi connectivity index (χ4n) is 2.16. The Kier molecular flexibility index (Phi) is 5.90. The van der Waals surface area contributed by atoms with E-state index in [1.54, 1.807) is 6.07 Å². The minimum atomic E-state index is -0.468. The Morgan fingerprint density at radius 1 is 1.22 bits per heavy atom. The third-order valence-electron chi connectivity index (χ3n) is 3.65. The number of benzene rings is 1. The average molecular weight is 317 g/mol. The van der Waals surface area contributed by atoms with Crippen LogP contribution in [-0.2, 0) is 9.47 Å². The number of aromatic nitrogens is 2. The van der Waals surface area contributed by atoms with E-state index in [-0.39, 0.29) is 12.5 Å². The van der Waals surface area contributed by atoms with Crippen molar-refractivity contribution in [2.75, 3.05) is 20.8 Å².